The van der Waals surface area contributed by atoms with Gasteiger partial charge in [-0.1, -0.05) is 60.7 Å². The predicted molar refractivity (Wildman–Crippen MR) is 96.2 cm³/mol. The van der Waals surface area contributed by atoms with Crippen LogP contribution in [0.3, 0.4) is 0 Å². The minimum Gasteiger partial charge on any atom is -0.242 e. The Kier molecular flexibility index (Phi) is 5.80. The summed E-state index contributed by atoms with van der Waals surface area (Å²) in [5.74, 6) is 0. The second kappa shape index (κ2) is 8.05. The van der Waals surface area contributed by atoms with Crippen LogP contribution in [0, 0.1) is 0 Å². The zero-order chi connectivity index (χ0) is 15.8. The Labute approximate surface area is 136 Å². The number of nitrogens with zero attached hydrogens (tertiary/aromatic N) is 4. The van der Waals surface area contributed by atoms with Gasteiger partial charge in [0.1, 0.15) is 0 Å². The van der Waals surface area contributed by atoms with Gasteiger partial charge >= 0.3 is 0 Å². The molecule has 0 atom stereocenters. The van der Waals surface area contributed by atoms with Gasteiger partial charge in [0.15, 0.2) is 0 Å². The van der Waals surface area contributed by atoms with Crippen molar-refractivity contribution in [3.8, 4) is 0 Å². The second-order valence-corrected chi connectivity index (χ2v) is 5.01. The number of rotatable bonds is 4. The van der Waals surface area contributed by atoms with Crippen LogP contribution in [0.25, 0.3) is 0 Å². The van der Waals surface area contributed by atoms with Gasteiger partial charge in [0, 0.05) is 14.1 Å². The van der Waals surface area contributed by atoms with Gasteiger partial charge in [-0.3, -0.25) is 0 Å². The molecule has 0 amide bonds. The van der Waals surface area contributed by atoms with E-state index in [-0.39, 0.29) is 0 Å². The maximum atomic E-state index is 5.35. The maximum absolute atomic E-state index is 5.35. The summed E-state index contributed by atoms with van der Waals surface area (Å²) in [6.07, 6.45) is 3.53. The molecule has 0 saturated heterocycles. The minimum atomic E-state index is 0.513. The van der Waals surface area contributed by atoms with Crippen molar-refractivity contribution in [3.63, 3.8) is 0 Å². The summed E-state index contributed by atoms with van der Waals surface area (Å²) >= 11 is 5.35. The first-order valence-electron chi connectivity index (χ1n) is 6.86. The van der Waals surface area contributed by atoms with Crippen LogP contribution in [0.15, 0.2) is 70.9 Å². The zero-order valence-corrected chi connectivity index (χ0v) is 13.4. The van der Waals surface area contributed by atoms with Crippen molar-refractivity contribution in [1.29, 1.82) is 0 Å². The lowest BCUT2D eigenvalue weighted by atomic mass is 10.2. The van der Waals surface area contributed by atoms with E-state index in [0.717, 1.165) is 11.1 Å². The molecule has 4 nitrogen and oxygen atoms in total. The predicted octanol–water partition coefficient (Wildman–Crippen LogP) is 3.20. The number of hydrogen-bond acceptors (Lipinski definition) is 3. The standard InChI is InChI=1S/C17H18N4S/c1-20(18-13-15-9-5-3-6-10-15)17(22)21(2)19-14-16-11-7-4-8-12-16/h3-14H,1-2H3/b18-13+,19-14+. The van der Waals surface area contributed by atoms with Crippen molar-refractivity contribution >= 4 is 29.8 Å². The summed E-state index contributed by atoms with van der Waals surface area (Å²) in [4.78, 5) is 0. The van der Waals surface area contributed by atoms with E-state index < -0.39 is 0 Å². The fraction of sp³-hybridized carbons (Fsp3) is 0.118. The third-order valence-electron chi connectivity index (χ3n) is 2.91. The molecule has 2 aromatic carbocycles. The molecule has 0 N–H and O–H groups in total. The van der Waals surface area contributed by atoms with Crippen LogP contribution in [0.1, 0.15) is 11.1 Å². The highest BCUT2D eigenvalue weighted by Crippen LogP contribution is 2.00. The molecule has 0 aliphatic carbocycles. The van der Waals surface area contributed by atoms with Crippen molar-refractivity contribution in [2.75, 3.05) is 14.1 Å². The lowest BCUT2D eigenvalue weighted by Gasteiger charge is -2.20. The lowest BCUT2D eigenvalue weighted by molar-refractivity contribution is 0.432. The largest absolute Gasteiger partial charge is 0.242 e. The first kappa shape index (κ1) is 15.9. The highest BCUT2D eigenvalue weighted by molar-refractivity contribution is 7.80. The molecular formula is C17H18N4S. The van der Waals surface area contributed by atoms with Crippen molar-refractivity contribution in [2.24, 2.45) is 10.2 Å². The van der Waals surface area contributed by atoms with Gasteiger partial charge in [-0.15, -0.1) is 0 Å². The molecule has 0 radical (unpaired) electrons. The Morgan fingerprint density at radius 3 is 1.50 bits per heavy atom. The van der Waals surface area contributed by atoms with Crippen LogP contribution in [0.2, 0.25) is 0 Å². The van der Waals surface area contributed by atoms with E-state index in [1.165, 1.54) is 0 Å². The van der Waals surface area contributed by atoms with E-state index in [1.54, 1.807) is 36.5 Å². The van der Waals surface area contributed by atoms with E-state index in [9.17, 15) is 0 Å². The topological polar surface area (TPSA) is 31.2 Å². The normalized spacial score (nSPS) is 11.0. The van der Waals surface area contributed by atoms with Gasteiger partial charge in [0.2, 0.25) is 5.11 Å². The van der Waals surface area contributed by atoms with Gasteiger partial charge in [-0.25, -0.2) is 10.0 Å². The van der Waals surface area contributed by atoms with E-state index in [2.05, 4.69) is 10.2 Å². The van der Waals surface area contributed by atoms with Crippen molar-refractivity contribution in [2.45, 2.75) is 0 Å². The molecule has 112 valence electrons. The molecule has 5 heteroatoms. The number of thiocarbonyl (C=S) groups is 1. The molecule has 22 heavy (non-hydrogen) atoms. The first-order valence-corrected chi connectivity index (χ1v) is 7.27. The van der Waals surface area contributed by atoms with Crippen LogP contribution in [0.4, 0.5) is 0 Å². The van der Waals surface area contributed by atoms with Gasteiger partial charge in [-0.2, -0.15) is 10.2 Å². The SMILES string of the molecule is CN(/N=C/c1ccccc1)C(=S)N(C)/N=C/c1ccccc1. The Morgan fingerprint density at radius 1 is 0.773 bits per heavy atom. The molecule has 0 heterocycles. The Morgan fingerprint density at radius 2 is 1.14 bits per heavy atom. The molecule has 0 spiro atoms. The molecule has 0 aromatic heterocycles. The summed E-state index contributed by atoms with van der Waals surface area (Å²) < 4.78 is 0. The van der Waals surface area contributed by atoms with Gasteiger partial charge < -0.3 is 0 Å². The summed E-state index contributed by atoms with van der Waals surface area (Å²) in [6, 6.07) is 19.7. The number of hydrogen-bond donors (Lipinski definition) is 0. The molecule has 0 saturated carbocycles. The van der Waals surface area contributed by atoms with E-state index in [0.29, 0.717) is 5.11 Å². The third-order valence-corrected chi connectivity index (χ3v) is 3.44. The molecule has 0 aliphatic heterocycles. The Bertz CT molecular complexity index is 595. The van der Waals surface area contributed by atoms with Gasteiger partial charge in [0.25, 0.3) is 0 Å². The average molecular weight is 310 g/mol. The summed E-state index contributed by atoms with van der Waals surface area (Å²) in [5, 5.41) is 12.4. The minimum absolute atomic E-state index is 0.513. The van der Waals surface area contributed by atoms with Crippen LogP contribution in [0.5, 0.6) is 0 Å². The quantitative estimate of drug-likeness (QED) is 0.494. The van der Waals surface area contributed by atoms with Crippen molar-refractivity contribution in [1.82, 2.24) is 10.0 Å². The molecule has 2 aromatic rings. The fourth-order valence-electron chi connectivity index (χ4n) is 1.69. The summed E-state index contributed by atoms with van der Waals surface area (Å²) in [7, 11) is 3.60. The maximum Gasteiger partial charge on any atom is 0.212 e. The number of hydrazone groups is 2. The van der Waals surface area contributed by atoms with E-state index in [1.807, 2.05) is 60.7 Å². The molecule has 2 rings (SSSR count). The molecule has 0 fully saturated rings. The van der Waals surface area contributed by atoms with E-state index in [4.69, 9.17) is 12.2 Å². The summed E-state index contributed by atoms with van der Waals surface area (Å²) in [5.41, 5.74) is 2.04. The lowest BCUT2D eigenvalue weighted by Crippen LogP contribution is -2.32. The zero-order valence-electron chi connectivity index (χ0n) is 12.6. The summed E-state index contributed by atoms with van der Waals surface area (Å²) in [6.45, 7) is 0. The van der Waals surface area contributed by atoms with Crippen LogP contribution in [-0.4, -0.2) is 41.7 Å². The van der Waals surface area contributed by atoms with E-state index >= 15 is 0 Å². The fourth-order valence-corrected chi connectivity index (χ4v) is 1.79. The monoisotopic (exact) mass is 310 g/mol. The van der Waals surface area contributed by atoms with Gasteiger partial charge in [0.05, 0.1) is 12.4 Å². The molecular weight excluding hydrogens is 292 g/mol. The Balaban J connectivity index is 1.95. The Hall–Kier alpha value is -2.53. The third kappa shape index (κ3) is 4.79. The van der Waals surface area contributed by atoms with Crippen LogP contribution in [-0.2, 0) is 0 Å². The highest BCUT2D eigenvalue weighted by Gasteiger charge is 2.06. The average Bonchev–Trinajstić information content (AvgIpc) is 2.58. The highest BCUT2D eigenvalue weighted by atomic mass is 32.1. The van der Waals surface area contributed by atoms with Crippen LogP contribution < -0.4 is 0 Å². The van der Waals surface area contributed by atoms with Gasteiger partial charge in [-0.05, 0) is 23.3 Å². The van der Waals surface area contributed by atoms with Crippen molar-refractivity contribution in [3.05, 3.63) is 71.8 Å². The molecule has 0 bridgehead atoms. The number of benzene rings is 2. The smallest absolute Gasteiger partial charge is 0.212 e. The first-order chi connectivity index (χ1) is 10.7. The molecule has 0 aliphatic rings. The van der Waals surface area contributed by atoms with Crippen LogP contribution >= 0.6 is 12.2 Å². The molecule has 0 unspecified atom stereocenters. The second-order valence-electron chi connectivity index (χ2n) is 4.64. The van der Waals surface area contributed by atoms with Crippen molar-refractivity contribution < 1.29 is 0 Å².